The van der Waals surface area contributed by atoms with Gasteiger partial charge in [-0.2, -0.15) is 4.31 Å². The van der Waals surface area contributed by atoms with Gasteiger partial charge in [-0.3, -0.25) is 4.79 Å². The highest BCUT2D eigenvalue weighted by Crippen LogP contribution is 2.42. The minimum absolute atomic E-state index is 0.0265. The van der Waals surface area contributed by atoms with Crippen molar-refractivity contribution in [1.29, 1.82) is 0 Å². The minimum atomic E-state index is -4.00. The van der Waals surface area contributed by atoms with Crippen molar-refractivity contribution in [2.75, 3.05) is 23.3 Å². The zero-order valence-corrected chi connectivity index (χ0v) is 24.2. The SMILES string of the molecule is CC(C)Nc1ccc(S(=O)(=O)N2CC(=O)N(c3cc(-c4ccccc4)sc3C(=O)O)C(C3CCCCC3)C2)cn1. The van der Waals surface area contributed by atoms with Crippen molar-refractivity contribution in [2.45, 2.75) is 62.9 Å². The molecule has 3 aromatic rings. The Morgan fingerprint density at radius 2 is 1.82 bits per heavy atom. The molecule has 1 atom stereocenters. The number of nitrogens with one attached hydrogen (secondary N) is 1. The molecule has 0 radical (unpaired) electrons. The van der Waals surface area contributed by atoms with Gasteiger partial charge in [0.1, 0.15) is 15.6 Å². The molecule has 11 heteroatoms. The number of carbonyl (C=O) groups is 2. The van der Waals surface area contributed by atoms with Gasteiger partial charge >= 0.3 is 5.97 Å². The smallest absolute Gasteiger partial charge is 0.348 e. The van der Waals surface area contributed by atoms with Crippen molar-refractivity contribution >= 4 is 44.7 Å². The molecule has 5 rings (SSSR count). The van der Waals surface area contributed by atoms with E-state index < -0.39 is 27.9 Å². The monoisotopic (exact) mass is 582 g/mol. The Kier molecular flexibility index (Phi) is 8.25. The zero-order chi connectivity index (χ0) is 28.4. The van der Waals surface area contributed by atoms with E-state index in [-0.39, 0.29) is 34.8 Å². The van der Waals surface area contributed by atoms with Crippen LogP contribution in [0, 0.1) is 5.92 Å². The highest BCUT2D eigenvalue weighted by atomic mass is 32.2. The second-order valence-corrected chi connectivity index (χ2v) is 13.7. The van der Waals surface area contributed by atoms with Crippen LogP contribution in [0.1, 0.15) is 55.6 Å². The fraction of sp³-hybridized carbons (Fsp3) is 0.414. The number of pyridine rings is 1. The van der Waals surface area contributed by atoms with Crippen molar-refractivity contribution in [3.05, 3.63) is 59.6 Å². The van der Waals surface area contributed by atoms with Crippen LogP contribution in [-0.4, -0.2) is 59.9 Å². The van der Waals surface area contributed by atoms with Gasteiger partial charge in [-0.05, 0) is 56.4 Å². The summed E-state index contributed by atoms with van der Waals surface area (Å²) in [5.41, 5.74) is 1.21. The molecule has 3 heterocycles. The van der Waals surface area contributed by atoms with E-state index >= 15 is 0 Å². The normalized spacial score (nSPS) is 19.2. The van der Waals surface area contributed by atoms with Gasteiger partial charge in [0.05, 0.1) is 18.3 Å². The van der Waals surface area contributed by atoms with E-state index in [2.05, 4.69) is 10.3 Å². The van der Waals surface area contributed by atoms with E-state index in [9.17, 15) is 23.1 Å². The lowest BCUT2D eigenvalue weighted by molar-refractivity contribution is -0.121. The highest BCUT2D eigenvalue weighted by Gasteiger charge is 2.44. The molecule has 0 bridgehead atoms. The number of hydrogen-bond acceptors (Lipinski definition) is 7. The molecule has 2 fully saturated rings. The van der Waals surface area contributed by atoms with Crippen molar-refractivity contribution < 1.29 is 23.1 Å². The van der Waals surface area contributed by atoms with Crippen LogP contribution in [0.15, 0.2) is 59.6 Å². The predicted octanol–water partition coefficient (Wildman–Crippen LogP) is 5.32. The first-order chi connectivity index (χ1) is 19.1. The number of anilines is 2. The zero-order valence-electron chi connectivity index (χ0n) is 22.6. The molecule has 9 nitrogen and oxygen atoms in total. The first-order valence-electron chi connectivity index (χ1n) is 13.6. The molecule has 0 spiro atoms. The van der Waals surface area contributed by atoms with Gasteiger partial charge in [0.15, 0.2) is 0 Å². The number of nitrogens with zero attached hydrogens (tertiary/aromatic N) is 3. The molecular formula is C29H34N4O5S2. The fourth-order valence-electron chi connectivity index (χ4n) is 5.66. The van der Waals surface area contributed by atoms with Crippen LogP contribution in [0.3, 0.4) is 0 Å². The summed E-state index contributed by atoms with van der Waals surface area (Å²) < 4.78 is 28.6. The van der Waals surface area contributed by atoms with Gasteiger partial charge in [0.25, 0.3) is 0 Å². The van der Waals surface area contributed by atoms with Gasteiger partial charge in [-0.15, -0.1) is 11.3 Å². The van der Waals surface area contributed by atoms with E-state index in [1.54, 1.807) is 17.0 Å². The third kappa shape index (κ3) is 5.77. The summed E-state index contributed by atoms with van der Waals surface area (Å²) in [6, 6.07) is 14.0. The predicted molar refractivity (Wildman–Crippen MR) is 156 cm³/mol. The summed E-state index contributed by atoms with van der Waals surface area (Å²) >= 11 is 1.13. The standard InChI is InChI=1S/C29H34N4O5S2/c1-19(2)31-26-14-13-22(16-30-26)40(37,38)32-17-24(20-9-5-3-6-10-20)33(27(34)18-32)23-15-25(39-28(23)29(35)36)21-11-7-4-8-12-21/h4,7-8,11-16,19-20,24H,3,5-6,9-10,17-18H2,1-2H3,(H,30,31)(H,35,36). The van der Waals surface area contributed by atoms with Crippen LogP contribution in [0.2, 0.25) is 0 Å². The maximum Gasteiger partial charge on any atom is 0.348 e. The lowest BCUT2D eigenvalue weighted by Gasteiger charge is -2.44. The maximum atomic E-state index is 13.8. The average molecular weight is 583 g/mol. The number of carbonyl (C=O) groups excluding carboxylic acids is 1. The third-order valence-electron chi connectivity index (χ3n) is 7.53. The van der Waals surface area contributed by atoms with Gasteiger partial charge in [0, 0.05) is 23.7 Å². The minimum Gasteiger partial charge on any atom is -0.477 e. The third-order valence-corrected chi connectivity index (χ3v) is 10.5. The summed E-state index contributed by atoms with van der Waals surface area (Å²) in [5.74, 6) is -0.888. The van der Waals surface area contributed by atoms with Crippen LogP contribution in [0.4, 0.5) is 11.5 Å². The number of carboxylic acids is 1. The average Bonchev–Trinajstić information content (AvgIpc) is 3.39. The summed E-state index contributed by atoms with van der Waals surface area (Å²) in [4.78, 5) is 32.9. The number of rotatable bonds is 8. The Balaban J connectivity index is 1.51. The van der Waals surface area contributed by atoms with E-state index in [4.69, 9.17) is 0 Å². The Labute approximate surface area is 238 Å². The lowest BCUT2D eigenvalue weighted by Crippen LogP contribution is -2.60. The number of aromatic carboxylic acids is 1. The first-order valence-corrected chi connectivity index (χ1v) is 15.9. The number of hydrogen-bond donors (Lipinski definition) is 2. The van der Waals surface area contributed by atoms with E-state index in [0.29, 0.717) is 11.5 Å². The summed E-state index contributed by atoms with van der Waals surface area (Å²) in [6.45, 7) is 3.66. The maximum absolute atomic E-state index is 13.8. The molecule has 1 aliphatic heterocycles. The van der Waals surface area contributed by atoms with Crippen LogP contribution >= 0.6 is 11.3 Å². The van der Waals surface area contributed by atoms with Gasteiger partial charge in [0.2, 0.25) is 15.9 Å². The van der Waals surface area contributed by atoms with Crippen molar-refractivity contribution in [3.63, 3.8) is 0 Å². The van der Waals surface area contributed by atoms with Gasteiger partial charge in [-0.1, -0.05) is 49.6 Å². The first kappa shape index (κ1) is 28.3. The van der Waals surface area contributed by atoms with E-state index in [1.165, 1.54) is 16.6 Å². The molecule has 1 amide bonds. The molecule has 1 aliphatic carbocycles. The summed E-state index contributed by atoms with van der Waals surface area (Å²) in [6.07, 6.45) is 6.12. The molecule has 1 saturated heterocycles. The van der Waals surface area contributed by atoms with Crippen LogP contribution in [-0.2, 0) is 14.8 Å². The number of benzene rings is 1. The van der Waals surface area contributed by atoms with Crippen LogP contribution in [0.25, 0.3) is 10.4 Å². The molecular weight excluding hydrogens is 548 g/mol. The van der Waals surface area contributed by atoms with Crippen molar-refractivity contribution in [2.24, 2.45) is 5.92 Å². The molecule has 1 aromatic carbocycles. The Bertz CT molecular complexity index is 1470. The summed E-state index contributed by atoms with van der Waals surface area (Å²) in [7, 11) is -4.00. The van der Waals surface area contributed by atoms with Gasteiger partial charge < -0.3 is 15.3 Å². The second-order valence-electron chi connectivity index (χ2n) is 10.7. The Morgan fingerprint density at radius 3 is 2.45 bits per heavy atom. The second kappa shape index (κ2) is 11.7. The summed E-state index contributed by atoms with van der Waals surface area (Å²) in [5, 5.41) is 13.2. The molecule has 40 heavy (non-hydrogen) atoms. The number of thiophene rings is 1. The largest absolute Gasteiger partial charge is 0.477 e. The Morgan fingerprint density at radius 1 is 1.10 bits per heavy atom. The van der Waals surface area contributed by atoms with E-state index in [1.807, 2.05) is 44.2 Å². The van der Waals surface area contributed by atoms with Crippen molar-refractivity contribution in [1.82, 2.24) is 9.29 Å². The highest BCUT2D eigenvalue weighted by molar-refractivity contribution is 7.89. The van der Waals surface area contributed by atoms with Crippen molar-refractivity contribution in [3.8, 4) is 10.4 Å². The Hall–Kier alpha value is -3.28. The lowest BCUT2D eigenvalue weighted by atomic mass is 9.82. The van der Waals surface area contributed by atoms with E-state index in [0.717, 1.165) is 53.9 Å². The molecule has 2 aromatic heterocycles. The topological polar surface area (TPSA) is 120 Å². The fourth-order valence-corrected chi connectivity index (χ4v) is 8.01. The van der Waals surface area contributed by atoms with Crippen LogP contribution < -0.4 is 10.2 Å². The number of amides is 1. The number of sulfonamides is 1. The number of carboxylic acid groups (broad SMARTS) is 1. The molecule has 212 valence electrons. The number of piperazine rings is 1. The molecule has 2 N–H and O–H groups in total. The van der Waals surface area contributed by atoms with Crippen LogP contribution in [0.5, 0.6) is 0 Å². The molecule has 1 saturated carbocycles. The molecule has 1 unspecified atom stereocenters. The number of aromatic nitrogens is 1. The molecule has 2 aliphatic rings. The quantitative estimate of drug-likeness (QED) is 0.369. The van der Waals surface area contributed by atoms with Gasteiger partial charge in [-0.25, -0.2) is 18.2 Å².